The van der Waals surface area contributed by atoms with Gasteiger partial charge in [0.25, 0.3) is 5.88 Å². The van der Waals surface area contributed by atoms with E-state index in [-0.39, 0.29) is 6.10 Å². The highest BCUT2D eigenvalue weighted by atomic mass is 32.1. The Bertz CT molecular complexity index is 454. The summed E-state index contributed by atoms with van der Waals surface area (Å²) in [6.07, 6.45) is 5.66. The smallest absolute Gasteiger partial charge is 0.254 e. The first kappa shape index (κ1) is 12.0. The minimum absolute atomic E-state index is 0.203. The molecular formula is C12H15N3OS. The van der Waals surface area contributed by atoms with Gasteiger partial charge in [-0.2, -0.15) is 4.37 Å². The first-order valence-electron chi connectivity index (χ1n) is 5.74. The third-order valence-corrected chi connectivity index (χ3v) is 3.09. The Kier molecular flexibility index (Phi) is 4.03. The molecule has 0 aliphatic heterocycles. The second-order valence-corrected chi connectivity index (χ2v) is 4.24. The van der Waals surface area contributed by atoms with Crippen molar-refractivity contribution < 1.29 is 4.74 Å². The lowest BCUT2D eigenvalue weighted by molar-refractivity contribution is 0.187. The number of ether oxygens (including phenoxy) is 1. The predicted molar refractivity (Wildman–Crippen MR) is 68.1 cm³/mol. The zero-order chi connectivity index (χ0) is 12.1. The van der Waals surface area contributed by atoms with Crippen molar-refractivity contribution in [2.75, 3.05) is 0 Å². The van der Waals surface area contributed by atoms with Crippen LogP contribution >= 0.6 is 11.7 Å². The predicted octanol–water partition coefficient (Wildman–Crippen LogP) is 3.17. The maximum absolute atomic E-state index is 5.85. The van der Waals surface area contributed by atoms with Crippen LogP contribution < -0.4 is 4.74 Å². The molecule has 2 aromatic rings. The minimum Gasteiger partial charge on any atom is -0.472 e. The van der Waals surface area contributed by atoms with Crippen molar-refractivity contribution in [3.8, 4) is 17.1 Å². The molecule has 2 aromatic heterocycles. The van der Waals surface area contributed by atoms with Gasteiger partial charge in [0.15, 0.2) is 0 Å². The van der Waals surface area contributed by atoms with Gasteiger partial charge in [-0.05, 0) is 25.0 Å². The Morgan fingerprint density at radius 1 is 1.29 bits per heavy atom. The molecule has 0 bridgehead atoms. The van der Waals surface area contributed by atoms with Crippen molar-refractivity contribution in [1.82, 2.24) is 13.7 Å². The number of rotatable bonds is 5. The van der Waals surface area contributed by atoms with Crippen LogP contribution in [0, 0.1) is 0 Å². The first-order chi connectivity index (χ1) is 8.35. The van der Waals surface area contributed by atoms with Gasteiger partial charge in [-0.1, -0.05) is 13.8 Å². The van der Waals surface area contributed by atoms with Crippen molar-refractivity contribution in [3.63, 3.8) is 0 Å². The molecule has 90 valence electrons. The highest BCUT2D eigenvalue weighted by molar-refractivity contribution is 6.99. The van der Waals surface area contributed by atoms with Gasteiger partial charge < -0.3 is 4.74 Å². The SMILES string of the molecule is CCC(CC)Oc1nsnc1-c1cccnc1. The van der Waals surface area contributed by atoms with E-state index in [0.717, 1.165) is 24.1 Å². The normalized spacial score (nSPS) is 10.8. The number of pyridine rings is 1. The average molecular weight is 249 g/mol. The monoisotopic (exact) mass is 249 g/mol. The lowest BCUT2D eigenvalue weighted by Gasteiger charge is -2.13. The molecule has 0 aliphatic carbocycles. The second-order valence-electron chi connectivity index (χ2n) is 3.72. The van der Waals surface area contributed by atoms with Crippen LogP contribution in [0.25, 0.3) is 11.3 Å². The molecule has 0 aliphatic rings. The number of nitrogens with zero attached hydrogens (tertiary/aromatic N) is 3. The van der Waals surface area contributed by atoms with E-state index >= 15 is 0 Å². The molecule has 0 saturated heterocycles. The van der Waals surface area contributed by atoms with Crippen molar-refractivity contribution in [2.24, 2.45) is 0 Å². The molecule has 4 nitrogen and oxygen atoms in total. The summed E-state index contributed by atoms with van der Waals surface area (Å²) in [7, 11) is 0. The Morgan fingerprint density at radius 3 is 2.76 bits per heavy atom. The van der Waals surface area contributed by atoms with Crippen LogP contribution in [-0.2, 0) is 0 Å². The van der Waals surface area contributed by atoms with E-state index in [2.05, 4.69) is 27.6 Å². The molecule has 0 fully saturated rings. The number of hydrogen-bond acceptors (Lipinski definition) is 5. The summed E-state index contributed by atoms with van der Waals surface area (Å²) in [5.74, 6) is 0.622. The highest BCUT2D eigenvalue weighted by Gasteiger charge is 2.15. The van der Waals surface area contributed by atoms with Crippen LogP contribution in [0.1, 0.15) is 26.7 Å². The van der Waals surface area contributed by atoms with E-state index in [4.69, 9.17) is 4.74 Å². The average Bonchev–Trinajstić information content (AvgIpc) is 2.85. The van der Waals surface area contributed by atoms with Crippen LogP contribution in [0.2, 0.25) is 0 Å². The largest absolute Gasteiger partial charge is 0.472 e. The zero-order valence-electron chi connectivity index (χ0n) is 9.96. The molecule has 0 aromatic carbocycles. The maximum atomic E-state index is 5.85. The summed E-state index contributed by atoms with van der Waals surface area (Å²) in [5.41, 5.74) is 1.73. The molecule has 0 radical (unpaired) electrons. The molecule has 2 rings (SSSR count). The van der Waals surface area contributed by atoms with E-state index in [1.165, 1.54) is 11.7 Å². The summed E-state index contributed by atoms with van der Waals surface area (Å²) in [5, 5.41) is 0. The van der Waals surface area contributed by atoms with E-state index in [1.807, 2.05) is 12.1 Å². The van der Waals surface area contributed by atoms with Gasteiger partial charge in [-0.3, -0.25) is 4.98 Å². The van der Waals surface area contributed by atoms with Gasteiger partial charge in [0.1, 0.15) is 11.8 Å². The van der Waals surface area contributed by atoms with Gasteiger partial charge in [0, 0.05) is 18.0 Å². The van der Waals surface area contributed by atoms with E-state index in [9.17, 15) is 0 Å². The molecule has 0 atom stereocenters. The van der Waals surface area contributed by atoms with Crippen molar-refractivity contribution in [3.05, 3.63) is 24.5 Å². The third-order valence-electron chi connectivity index (χ3n) is 2.58. The third kappa shape index (κ3) is 2.79. The van der Waals surface area contributed by atoms with E-state index in [1.54, 1.807) is 12.4 Å². The van der Waals surface area contributed by atoms with Gasteiger partial charge in [-0.15, -0.1) is 4.37 Å². The number of aromatic nitrogens is 3. The van der Waals surface area contributed by atoms with Crippen LogP contribution in [0.15, 0.2) is 24.5 Å². The molecule has 0 N–H and O–H groups in total. The fraction of sp³-hybridized carbons (Fsp3) is 0.417. The topological polar surface area (TPSA) is 47.9 Å². The Labute approximate surface area is 105 Å². The number of hydrogen-bond donors (Lipinski definition) is 0. The highest BCUT2D eigenvalue weighted by Crippen LogP contribution is 2.28. The Hall–Kier alpha value is -1.49. The summed E-state index contributed by atoms with van der Waals surface area (Å²) >= 11 is 1.17. The lowest BCUT2D eigenvalue weighted by Crippen LogP contribution is -2.14. The van der Waals surface area contributed by atoms with Gasteiger partial charge in [0.2, 0.25) is 0 Å². The molecule has 0 amide bonds. The van der Waals surface area contributed by atoms with E-state index < -0.39 is 0 Å². The lowest BCUT2D eigenvalue weighted by atomic mass is 10.2. The standard InChI is InChI=1S/C12H15N3OS/c1-3-10(4-2)16-12-11(14-17-15-12)9-6-5-7-13-8-9/h5-8,10H,3-4H2,1-2H3. The molecule has 0 spiro atoms. The summed E-state index contributed by atoms with van der Waals surface area (Å²) < 4.78 is 14.3. The molecule has 17 heavy (non-hydrogen) atoms. The quantitative estimate of drug-likeness (QED) is 0.816. The van der Waals surface area contributed by atoms with Crippen molar-refractivity contribution >= 4 is 11.7 Å². The zero-order valence-corrected chi connectivity index (χ0v) is 10.8. The van der Waals surface area contributed by atoms with Crippen LogP contribution in [0.3, 0.4) is 0 Å². The Morgan fingerprint density at radius 2 is 2.12 bits per heavy atom. The fourth-order valence-electron chi connectivity index (χ4n) is 1.55. The van der Waals surface area contributed by atoms with Crippen LogP contribution in [-0.4, -0.2) is 19.8 Å². The molecule has 5 heteroatoms. The van der Waals surface area contributed by atoms with Crippen molar-refractivity contribution in [1.29, 1.82) is 0 Å². The summed E-state index contributed by atoms with van der Waals surface area (Å²) in [6, 6.07) is 3.85. The summed E-state index contributed by atoms with van der Waals surface area (Å²) in [4.78, 5) is 4.08. The molecule has 0 unspecified atom stereocenters. The molecular weight excluding hydrogens is 234 g/mol. The maximum Gasteiger partial charge on any atom is 0.254 e. The first-order valence-corrected chi connectivity index (χ1v) is 6.47. The van der Waals surface area contributed by atoms with Gasteiger partial charge in [0.05, 0.1) is 11.7 Å². The van der Waals surface area contributed by atoms with Crippen LogP contribution in [0.4, 0.5) is 0 Å². The Balaban J connectivity index is 2.23. The van der Waals surface area contributed by atoms with Gasteiger partial charge in [-0.25, -0.2) is 0 Å². The van der Waals surface area contributed by atoms with Gasteiger partial charge >= 0.3 is 0 Å². The molecule has 2 heterocycles. The van der Waals surface area contributed by atoms with Crippen LogP contribution in [0.5, 0.6) is 5.88 Å². The second kappa shape index (κ2) is 5.72. The fourth-order valence-corrected chi connectivity index (χ4v) is 2.06. The molecule has 0 saturated carbocycles. The summed E-state index contributed by atoms with van der Waals surface area (Å²) in [6.45, 7) is 4.22. The minimum atomic E-state index is 0.203. The van der Waals surface area contributed by atoms with Crippen molar-refractivity contribution in [2.45, 2.75) is 32.8 Å². The van der Waals surface area contributed by atoms with E-state index in [0.29, 0.717) is 5.88 Å².